The lowest BCUT2D eigenvalue weighted by atomic mass is 10.1. The normalized spacial score (nSPS) is 10.9. The number of benzene rings is 1. The lowest BCUT2D eigenvalue weighted by molar-refractivity contribution is 0.557. The second kappa shape index (κ2) is 4.14. The highest BCUT2D eigenvalue weighted by Crippen LogP contribution is 2.19. The molecule has 0 saturated carbocycles. The Morgan fingerprint density at radius 3 is 3.00 bits per heavy atom. The van der Waals surface area contributed by atoms with Gasteiger partial charge < -0.3 is 8.98 Å². The summed E-state index contributed by atoms with van der Waals surface area (Å²) in [6, 6.07) is 7.42. The zero-order chi connectivity index (χ0) is 12.5. The Labute approximate surface area is 104 Å². The largest absolute Gasteiger partial charge is 0.423 e. The maximum atomic E-state index is 11.6. The molecule has 0 spiro atoms. The summed E-state index contributed by atoms with van der Waals surface area (Å²) in [6.45, 7) is 2.59. The molecular formula is C14H12N2O2. The first-order chi connectivity index (χ1) is 8.72. The molecule has 0 bridgehead atoms. The van der Waals surface area contributed by atoms with Crippen molar-refractivity contribution in [3.05, 3.63) is 64.5 Å². The zero-order valence-electron chi connectivity index (χ0n) is 9.96. The Balaban J connectivity index is 2.18. The summed E-state index contributed by atoms with van der Waals surface area (Å²) in [5, 5.41) is 0.967. The van der Waals surface area contributed by atoms with E-state index in [0.29, 0.717) is 12.1 Å². The first kappa shape index (κ1) is 10.8. The van der Waals surface area contributed by atoms with Gasteiger partial charge in [0.15, 0.2) is 0 Å². The topological polar surface area (TPSA) is 48.0 Å². The molecule has 90 valence electrons. The van der Waals surface area contributed by atoms with Gasteiger partial charge in [-0.3, -0.25) is 0 Å². The molecule has 0 fully saturated rings. The van der Waals surface area contributed by atoms with E-state index < -0.39 is 0 Å². The average molecular weight is 240 g/mol. The third-order valence-corrected chi connectivity index (χ3v) is 2.90. The lowest BCUT2D eigenvalue weighted by Gasteiger charge is -2.06. The Morgan fingerprint density at radius 2 is 2.22 bits per heavy atom. The number of rotatable bonds is 2. The van der Waals surface area contributed by atoms with Crippen LogP contribution in [0.2, 0.25) is 0 Å². The Bertz CT molecular complexity index is 742. The molecule has 0 amide bonds. The van der Waals surface area contributed by atoms with Crippen LogP contribution in [0, 0.1) is 6.92 Å². The van der Waals surface area contributed by atoms with Crippen molar-refractivity contribution in [1.82, 2.24) is 9.55 Å². The van der Waals surface area contributed by atoms with Gasteiger partial charge in [0.2, 0.25) is 0 Å². The molecule has 2 aromatic heterocycles. The predicted molar refractivity (Wildman–Crippen MR) is 68.6 cm³/mol. The standard InChI is InChI=1S/C14H12N2O2/c1-10-2-3-12-11(8-16-5-4-15-9-16)7-14(17)18-13(12)6-10/h2-7,9H,8H2,1H3. The van der Waals surface area contributed by atoms with Crippen molar-refractivity contribution in [2.45, 2.75) is 13.5 Å². The summed E-state index contributed by atoms with van der Waals surface area (Å²) in [7, 11) is 0. The second-order valence-electron chi connectivity index (χ2n) is 4.33. The molecule has 18 heavy (non-hydrogen) atoms. The van der Waals surface area contributed by atoms with Crippen molar-refractivity contribution in [1.29, 1.82) is 0 Å². The zero-order valence-corrected chi connectivity index (χ0v) is 9.96. The molecule has 0 aliphatic rings. The van der Waals surface area contributed by atoms with Gasteiger partial charge in [-0.05, 0) is 24.1 Å². The first-order valence-corrected chi connectivity index (χ1v) is 5.71. The SMILES string of the molecule is Cc1ccc2c(Cn3ccnc3)cc(=O)oc2c1. The maximum absolute atomic E-state index is 11.6. The van der Waals surface area contributed by atoms with Crippen LogP contribution in [0.4, 0.5) is 0 Å². The summed E-state index contributed by atoms with van der Waals surface area (Å²) in [6.07, 6.45) is 5.32. The third-order valence-electron chi connectivity index (χ3n) is 2.90. The molecule has 3 aromatic rings. The van der Waals surface area contributed by atoms with Gasteiger partial charge in [-0.2, -0.15) is 0 Å². The highest BCUT2D eigenvalue weighted by atomic mass is 16.4. The molecule has 4 nitrogen and oxygen atoms in total. The summed E-state index contributed by atoms with van der Waals surface area (Å²) in [5.41, 5.74) is 2.34. The van der Waals surface area contributed by atoms with Crippen molar-refractivity contribution in [3.63, 3.8) is 0 Å². The highest BCUT2D eigenvalue weighted by molar-refractivity contribution is 5.80. The number of fused-ring (bicyclic) bond motifs is 1. The van der Waals surface area contributed by atoms with Gasteiger partial charge in [-0.25, -0.2) is 9.78 Å². The van der Waals surface area contributed by atoms with Crippen LogP contribution in [-0.2, 0) is 6.54 Å². The van der Waals surface area contributed by atoms with Gasteiger partial charge in [0.1, 0.15) is 5.58 Å². The minimum absolute atomic E-state index is 0.316. The summed E-state index contributed by atoms with van der Waals surface area (Å²) in [5.74, 6) is 0. The van der Waals surface area contributed by atoms with Crippen LogP contribution in [0.3, 0.4) is 0 Å². The predicted octanol–water partition coefficient (Wildman–Crippen LogP) is 2.35. The summed E-state index contributed by atoms with van der Waals surface area (Å²) >= 11 is 0. The van der Waals surface area contributed by atoms with Gasteiger partial charge in [0.25, 0.3) is 0 Å². The van der Waals surface area contributed by atoms with Crippen molar-refractivity contribution in [3.8, 4) is 0 Å². The minimum atomic E-state index is -0.316. The van der Waals surface area contributed by atoms with Crippen LogP contribution in [0.5, 0.6) is 0 Å². The Morgan fingerprint density at radius 1 is 1.33 bits per heavy atom. The van der Waals surface area contributed by atoms with Gasteiger partial charge in [-0.15, -0.1) is 0 Å². The molecule has 4 heteroatoms. The van der Waals surface area contributed by atoms with E-state index in [4.69, 9.17) is 4.42 Å². The van der Waals surface area contributed by atoms with Crippen LogP contribution in [0.15, 0.2) is 52.2 Å². The molecule has 3 rings (SSSR count). The van der Waals surface area contributed by atoms with E-state index in [1.165, 1.54) is 6.07 Å². The second-order valence-corrected chi connectivity index (χ2v) is 4.33. The van der Waals surface area contributed by atoms with Crippen molar-refractivity contribution in [2.24, 2.45) is 0 Å². The van der Waals surface area contributed by atoms with Crippen LogP contribution < -0.4 is 5.63 Å². The van der Waals surface area contributed by atoms with E-state index in [1.54, 1.807) is 12.5 Å². The van der Waals surface area contributed by atoms with Gasteiger partial charge in [0.05, 0.1) is 6.33 Å². The van der Waals surface area contributed by atoms with Gasteiger partial charge >= 0.3 is 5.63 Å². The van der Waals surface area contributed by atoms with E-state index >= 15 is 0 Å². The molecule has 2 heterocycles. The van der Waals surface area contributed by atoms with E-state index in [9.17, 15) is 4.79 Å². The fraction of sp³-hybridized carbons (Fsp3) is 0.143. The first-order valence-electron chi connectivity index (χ1n) is 5.71. The van der Waals surface area contributed by atoms with Crippen LogP contribution in [0.25, 0.3) is 11.0 Å². The van der Waals surface area contributed by atoms with Crippen LogP contribution >= 0.6 is 0 Å². The van der Waals surface area contributed by atoms with E-state index in [1.807, 2.05) is 35.9 Å². The van der Waals surface area contributed by atoms with Crippen LogP contribution in [-0.4, -0.2) is 9.55 Å². The number of hydrogen-bond donors (Lipinski definition) is 0. The molecule has 0 aliphatic carbocycles. The smallest absolute Gasteiger partial charge is 0.336 e. The minimum Gasteiger partial charge on any atom is -0.423 e. The summed E-state index contributed by atoms with van der Waals surface area (Å²) in [4.78, 5) is 15.5. The number of hydrogen-bond acceptors (Lipinski definition) is 3. The van der Waals surface area contributed by atoms with E-state index in [0.717, 1.165) is 16.5 Å². The molecule has 0 radical (unpaired) electrons. The number of imidazole rings is 1. The average Bonchev–Trinajstić information content (AvgIpc) is 2.80. The summed E-state index contributed by atoms with van der Waals surface area (Å²) < 4.78 is 7.15. The number of aryl methyl sites for hydroxylation is 1. The van der Waals surface area contributed by atoms with Gasteiger partial charge in [0, 0.05) is 30.4 Å². The molecule has 0 unspecified atom stereocenters. The van der Waals surface area contributed by atoms with Crippen LogP contribution in [0.1, 0.15) is 11.1 Å². The van der Waals surface area contributed by atoms with Crippen molar-refractivity contribution in [2.75, 3.05) is 0 Å². The van der Waals surface area contributed by atoms with E-state index in [2.05, 4.69) is 4.98 Å². The third kappa shape index (κ3) is 1.93. The Hall–Kier alpha value is -2.36. The molecule has 0 N–H and O–H groups in total. The number of aromatic nitrogens is 2. The molecular weight excluding hydrogens is 228 g/mol. The van der Waals surface area contributed by atoms with Crippen molar-refractivity contribution < 1.29 is 4.42 Å². The molecule has 0 atom stereocenters. The Kier molecular flexibility index (Phi) is 2.48. The fourth-order valence-corrected chi connectivity index (χ4v) is 2.04. The number of nitrogens with zero attached hydrogens (tertiary/aromatic N) is 2. The quantitative estimate of drug-likeness (QED) is 0.646. The van der Waals surface area contributed by atoms with Crippen molar-refractivity contribution >= 4 is 11.0 Å². The van der Waals surface area contributed by atoms with Gasteiger partial charge in [-0.1, -0.05) is 12.1 Å². The van der Waals surface area contributed by atoms with E-state index in [-0.39, 0.29) is 5.63 Å². The molecule has 0 saturated heterocycles. The highest BCUT2D eigenvalue weighted by Gasteiger charge is 2.06. The lowest BCUT2D eigenvalue weighted by Crippen LogP contribution is -2.04. The molecule has 0 aliphatic heterocycles. The maximum Gasteiger partial charge on any atom is 0.336 e. The monoisotopic (exact) mass is 240 g/mol. The fourth-order valence-electron chi connectivity index (χ4n) is 2.04. The molecule has 1 aromatic carbocycles.